The van der Waals surface area contributed by atoms with Crippen molar-refractivity contribution in [1.29, 1.82) is 0 Å². The normalized spacial score (nSPS) is 29.3. The van der Waals surface area contributed by atoms with Gasteiger partial charge in [-0.2, -0.15) is 0 Å². The van der Waals surface area contributed by atoms with E-state index in [0.717, 1.165) is 5.92 Å². The molecule has 2 fully saturated rings. The molecule has 172 valence electrons. The van der Waals surface area contributed by atoms with E-state index in [4.69, 9.17) is 0 Å². The standard InChI is InChI=1S/C27H54N2/c1-25-19-13-9-8-12-16-23-27(24-18-17-20-25)29-28-26-21-14-10-6-4-2-3-5-7-11-15-22-26/h25-29H,2-24H2,1H3. The largest absolute Gasteiger partial charge is 0.255 e. The Morgan fingerprint density at radius 3 is 0.966 bits per heavy atom. The van der Waals surface area contributed by atoms with Gasteiger partial charge in [-0.15, -0.1) is 0 Å². The minimum Gasteiger partial charge on any atom is -0.255 e. The van der Waals surface area contributed by atoms with Crippen LogP contribution < -0.4 is 10.9 Å². The van der Waals surface area contributed by atoms with Crippen molar-refractivity contribution in [3.8, 4) is 0 Å². The monoisotopic (exact) mass is 406 g/mol. The van der Waals surface area contributed by atoms with Crippen LogP contribution in [0.2, 0.25) is 0 Å². The Balaban J connectivity index is 1.73. The highest BCUT2D eigenvalue weighted by Gasteiger charge is 2.14. The Hall–Kier alpha value is -0.0800. The Bertz CT molecular complexity index is 342. The molecule has 0 aromatic heterocycles. The molecule has 2 atom stereocenters. The minimum atomic E-state index is 0.690. The molecule has 2 unspecified atom stereocenters. The molecule has 2 aliphatic carbocycles. The lowest BCUT2D eigenvalue weighted by atomic mass is 9.96. The van der Waals surface area contributed by atoms with Crippen molar-refractivity contribution in [2.75, 3.05) is 0 Å². The maximum atomic E-state index is 3.84. The van der Waals surface area contributed by atoms with E-state index < -0.39 is 0 Å². The van der Waals surface area contributed by atoms with Gasteiger partial charge in [-0.05, 0) is 31.6 Å². The molecule has 29 heavy (non-hydrogen) atoms. The molecule has 2 nitrogen and oxygen atoms in total. The van der Waals surface area contributed by atoms with Crippen molar-refractivity contribution >= 4 is 0 Å². The molecule has 2 rings (SSSR count). The van der Waals surface area contributed by atoms with Gasteiger partial charge in [0.2, 0.25) is 0 Å². The van der Waals surface area contributed by atoms with Crippen LogP contribution in [0.1, 0.15) is 155 Å². The van der Waals surface area contributed by atoms with Gasteiger partial charge >= 0.3 is 0 Å². The van der Waals surface area contributed by atoms with Gasteiger partial charge in [0.05, 0.1) is 0 Å². The average Bonchev–Trinajstić information content (AvgIpc) is 2.76. The molecular formula is C27H54N2. The van der Waals surface area contributed by atoms with Crippen LogP contribution in [0.15, 0.2) is 0 Å². The SMILES string of the molecule is CC1CCCCCCCC(NNC2CCCCCCCCCCCC2)CCCC1. The summed E-state index contributed by atoms with van der Waals surface area (Å²) in [6.45, 7) is 2.47. The smallest absolute Gasteiger partial charge is 0.0213 e. The van der Waals surface area contributed by atoms with E-state index in [1.165, 1.54) is 148 Å². The third kappa shape index (κ3) is 13.8. The molecule has 2 N–H and O–H groups in total. The summed E-state index contributed by atoms with van der Waals surface area (Å²) in [5.74, 6) is 0.945. The topological polar surface area (TPSA) is 24.1 Å². The molecule has 0 heterocycles. The van der Waals surface area contributed by atoms with E-state index in [9.17, 15) is 0 Å². The van der Waals surface area contributed by atoms with Crippen LogP contribution in [-0.2, 0) is 0 Å². The first kappa shape index (κ1) is 25.2. The van der Waals surface area contributed by atoms with E-state index in [1.54, 1.807) is 0 Å². The number of hydrazine groups is 1. The van der Waals surface area contributed by atoms with E-state index in [-0.39, 0.29) is 0 Å². The zero-order valence-corrected chi connectivity index (χ0v) is 20.0. The van der Waals surface area contributed by atoms with Gasteiger partial charge < -0.3 is 0 Å². The number of hydrogen-bond acceptors (Lipinski definition) is 2. The van der Waals surface area contributed by atoms with Crippen LogP contribution in [0.5, 0.6) is 0 Å². The van der Waals surface area contributed by atoms with Gasteiger partial charge in [0.15, 0.2) is 0 Å². The number of rotatable bonds is 3. The van der Waals surface area contributed by atoms with Crippen molar-refractivity contribution in [2.45, 2.75) is 167 Å². The molecule has 0 aromatic rings. The molecule has 2 heteroatoms. The summed E-state index contributed by atoms with van der Waals surface area (Å²) in [7, 11) is 0. The zero-order chi connectivity index (χ0) is 20.4. The highest BCUT2D eigenvalue weighted by Crippen LogP contribution is 2.21. The van der Waals surface area contributed by atoms with E-state index in [1.807, 2.05) is 0 Å². The van der Waals surface area contributed by atoms with Gasteiger partial charge in [-0.1, -0.05) is 129 Å². The van der Waals surface area contributed by atoms with E-state index in [0.29, 0.717) is 12.1 Å². The minimum absolute atomic E-state index is 0.690. The van der Waals surface area contributed by atoms with Gasteiger partial charge in [0.1, 0.15) is 0 Å². The summed E-state index contributed by atoms with van der Waals surface area (Å²) in [6.07, 6.45) is 33.0. The second kappa shape index (κ2) is 17.6. The van der Waals surface area contributed by atoms with Crippen LogP contribution in [-0.4, -0.2) is 12.1 Å². The molecule has 0 aliphatic heterocycles. The second-order valence-electron chi connectivity index (χ2n) is 10.5. The lowest BCUT2D eigenvalue weighted by Crippen LogP contribution is -2.46. The fourth-order valence-corrected chi connectivity index (χ4v) is 5.45. The van der Waals surface area contributed by atoms with E-state index in [2.05, 4.69) is 17.8 Å². The molecule has 0 aromatic carbocycles. The lowest BCUT2D eigenvalue weighted by Gasteiger charge is -2.25. The number of hydrogen-bond donors (Lipinski definition) is 2. The summed E-state index contributed by atoms with van der Waals surface area (Å²) in [6, 6.07) is 1.39. The second-order valence-corrected chi connectivity index (χ2v) is 10.5. The first-order chi connectivity index (χ1) is 14.3. The summed E-state index contributed by atoms with van der Waals surface area (Å²) in [4.78, 5) is 0. The highest BCUT2D eigenvalue weighted by atomic mass is 15.4. The molecule has 0 amide bonds. The van der Waals surface area contributed by atoms with Gasteiger partial charge in [-0.25, -0.2) is 0 Å². The molecule has 2 aliphatic rings. The Morgan fingerprint density at radius 1 is 0.345 bits per heavy atom. The van der Waals surface area contributed by atoms with Crippen molar-refractivity contribution in [3.63, 3.8) is 0 Å². The maximum absolute atomic E-state index is 3.84. The highest BCUT2D eigenvalue weighted by molar-refractivity contribution is 4.71. The molecule has 0 saturated heterocycles. The predicted octanol–water partition coefficient (Wildman–Crippen LogP) is 8.45. The summed E-state index contributed by atoms with van der Waals surface area (Å²) in [5, 5.41) is 0. The van der Waals surface area contributed by atoms with E-state index >= 15 is 0 Å². The number of nitrogens with one attached hydrogen (secondary N) is 2. The van der Waals surface area contributed by atoms with Crippen molar-refractivity contribution in [2.24, 2.45) is 5.92 Å². The van der Waals surface area contributed by atoms with Crippen LogP contribution >= 0.6 is 0 Å². The van der Waals surface area contributed by atoms with Crippen LogP contribution in [0.25, 0.3) is 0 Å². The molecule has 0 bridgehead atoms. The first-order valence-corrected chi connectivity index (χ1v) is 13.9. The predicted molar refractivity (Wildman–Crippen MR) is 129 cm³/mol. The molecule has 0 spiro atoms. The van der Waals surface area contributed by atoms with Gasteiger partial charge in [0.25, 0.3) is 0 Å². The first-order valence-electron chi connectivity index (χ1n) is 13.9. The summed E-state index contributed by atoms with van der Waals surface area (Å²) < 4.78 is 0. The maximum Gasteiger partial charge on any atom is 0.0213 e. The van der Waals surface area contributed by atoms with Crippen LogP contribution in [0, 0.1) is 5.92 Å². The molecule has 0 radical (unpaired) electrons. The average molecular weight is 407 g/mol. The van der Waals surface area contributed by atoms with Crippen molar-refractivity contribution in [1.82, 2.24) is 10.9 Å². The summed E-state index contributed by atoms with van der Waals surface area (Å²) in [5.41, 5.74) is 7.69. The lowest BCUT2D eigenvalue weighted by molar-refractivity contribution is 0.303. The van der Waals surface area contributed by atoms with Crippen molar-refractivity contribution < 1.29 is 0 Å². The summed E-state index contributed by atoms with van der Waals surface area (Å²) >= 11 is 0. The van der Waals surface area contributed by atoms with Crippen LogP contribution in [0.3, 0.4) is 0 Å². The fourth-order valence-electron chi connectivity index (χ4n) is 5.45. The zero-order valence-electron chi connectivity index (χ0n) is 20.0. The quantitative estimate of drug-likeness (QED) is 0.459. The third-order valence-electron chi connectivity index (χ3n) is 7.60. The van der Waals surface area contributed by atoms with Crippen LogP contribution in [0.4, 0.5) is 0 Å². The van der Waals surface area contributed by atoms with Gasteiger partial charge in [0, 0.05) is 12.1 Å². The Morgan fingerprint density at radius 2 is 0.586 bits per heavy atom. The Labute approximate surface area is 183 Å². The fraction of sp³-hybridized carbons (Fsp3) is 1.00. The van der Waals surface area contributed by atoms with Gasteiger partial charge in [-0.3, -0.25) is 10.9 Å². The molecule has 2 saturated carbocycles. The Kier molecular flexibility index (Phi) is 15.3. The molecular weight excluding hydrogens is 352 g/mol. The third-order valence-corrected chi connectivity index (χ3v) is 7.60. The van der Waals surface area contributed by atoms with Crippen molar-refractivity contribution in [3.05, 3.63) is 0 Å².